The van der Waals surface area contributed by atoms with Crippen molar-refractivity contribution in [2.45, 2.75) is 0 Å². The largest absolute Gasteiger partial charge is 0.484 e. The van der Waals surface area contributed by atoms with Gasteiger partial charge in [-0.05, 0) is 66.2 Å². The molecule has 3 aromatic rings. The highest BCUT2D eigenvalue weighted by Gasteiger charge is 2.12. The molecule has 9 heteroatoms. The lowest BCUT2D eigenvalue weighted by Gasteiger charge is -2.07. The molecule has 0 bridgehead atoms. The predicted molar refractivity (Wildman–Crippen MR) is 118 cm³/mol. The molecule has 0 spiro atoms. The Kier molecular flexibility index (Phi) is 7.63. The molecule has 3 amide bonds. The minimum atomic E-state index is -0.977. The number of carbonyl (C=O) groups is 3. The monoisotopic (exact) mass is 434 g/mol. The zero-order chi connectivity index (χ0) is 22.8. The molecule has 0 radical (unpaired) electrons. The van der Waals surface area contributed by atoms with E-state index in [9.17, 15) is 18.8 Å². The van der Waals surface area contributed by atoms with Gasteiger partial charge in [0.15, 0.2) is 6.61 Å². The van der Waals surface area contributed by atoms with Gasteiger partial charge < -0.3 is 15.4 Å². The molecule has 0 aromatic heterocycles. The molecule has 0 aliphatic heterocycles. The number of carbonyl (C=O) groups excluding carboxylic acids is 3. The third kappa shape index (κ3) is 7.06. The summed E-state index contributed by atoms with van der Waals surface area (Å²) in [5.74, 6) is -2.18. The van der Waals surface area contributed by atoms with E-state index in [1.807, 2.05) is 18.2 Å². The van der Waals surface area contributed by atoms with Crippen LogP contribution in [0.5, 0.6) is 5.75 Å². The Balaban J connectivity index is 1.42. The summed E-state index contributed by atoms with van der Waals surface area (Å²) in [5.41, 5.74) is 3.69. The van der Waals surface area contributed by atoms with Crippen LogP contribution in [0.4, 0.5) is 15.8 Å². The fourth-order valence-corrected chi connectivity index (χ4v) is 2.45. The molecule has 0 fully saturated rings. The van der Waals surface area contributed by atoms with Crippen LogP contribution < -0.4 is 20.8 Å². The summed E-state index contributed by atoms with van der Waals surface area (Å²) in [4.78, 5) is 35.5. The minimum Gasteiger partial charge on any atom is -0.484 e. The first-order valence-electron chi connectivity index (χ1n) is 9.47. The molecule has 0 heterocycles. The summed E-state index contributed by atoms with van der Waals surface area (Å²) in [7, 11) is 0. The van der Waals surface area contributed by atoms with Crippen molar-refractivity contribution < 1.29 is 23.5 Å². The van der Waals surface area contributed by atoms with Crippen molar-refractivity contribution in [1.29, 1.82) is 0 Å². The molecule has 3 N–H and O–H groups in total. The number of nitrogens with zero attached hydrogens (tertiary/aromatic N) is 1. The third-order valence-corrected chi connectivity index (χ3v) is 4.00. The number of hydrogen-bond donors (Lipinski definition) is 3. The Labute approximate surface area is 183 Å². The van der Waals surface area contributed by atoms with Crippen LogP contribution in [0.2, 0.25) is 0 Å². The fraction of sp³-hybridized carbons (Fsp3) is 0.0435. The van der Waals surface area contributed by atoms with Gasteiger partial charge in [0, 0.05) is 11.4 Å². The average molecular weight is 434 g/mol. The highest BCUT2D eigenvalue weighted by molar-refractivity contribution is 6.39. The lowest BCUT2D eigenvalue weighted by Crippen LogP contribution is -2.32. The Hall–Kier alpha value is -4.53. The van der Waals surface area contributed by atoms with E-state index >= 15 is 0 Å². The van der Waals surface area contributed by atoms with E-state index < -0.39 is 17.6 Å². The fourth-order valence-electron chi connectivity index (χ4n) is 2.45. The summed E-state index contributed by atoms with van der Waals surface area (Å²) in [6.07, 6.45) is 1.34. The van der Waals surface area contributed by atoms with Gasteiger partial charge in [-0.3, -0.25) is 14.4 Å². The molecule has 32 heavy (non-hydrogen) atoms. The molecule has 3 rings (SSSR count). The topological polar surface area (TPSA) is 109 Å². The van der Waals surface area contributed by atoms with Crippen LogP contribution in [0.3, 0.4) is 0 Å². The second-order valence-electron chi connectivity index (χ2n) is 6.43. The van der Waals surface area contributed by atoms with Crippen molar-refractivity contribution in [3.63, 3.8) is 0 Å². The Morgan fingerprint density at radius 1 is 0.812 bits per heavy atom. The van der Waals surface area contributed by atoms with Crippen molar-refractivity contribution in [1.82, 2.24) is 5.43 Å². The molecule has 0 saturated carbocycles. The summed E-state index contributed by atoms with van der Waals surface area (Å²) >= 11 is 0. The molecule has 0 unspecified atom stereocenters. The van der Waals surface area contributed by atoms with Crippen molar-refractivity contribution in [3.8, 4) is 5.75 Å². The van der Waals surface area contributed by atoms with Gasteiger partial charge in [0.1, 0.15) is 11.6 Å². The van der Waals surface area contributed by atoms with Gasteiger partial charge in [-0.2, -0.15) is 5.10 Å². The lowest BCUT2D eigenvalue weighted by molar-refractivity contribution is -0.136. The van der Waals surface area contributed by atoms with Gasteiger partial charge in [-0.25, -0.2) is 9.82 Å². The first-order chi connectivity index (χ1) is 15.5. The number of nitrogens with one attached hydrogen (secondary N) is 3. The number of anilines is 2. The van der Waals surface area contributed by atoms with Crippen LogP contribution in [0.25, 0.3) is 0 Å². The Morgan fingerprint density at radius 3 is 2.16 bits per heavy atom. The van der Waals surface area contributed by atoms with Crippen molar-refractivity contribution in [3.05, 3.63) is 90.2 Å². The highest BCUT2D eigenvalue weighted by Crippen LogP contribution is 2.12. The molecule has 3 aromatic carbocycles. The predicted octanol–water partition coefficient (Wildman–Crippen LogP) is 2.93. The average Bonchev–Trinajstić information content (AvgIpc) is 2.80. The molecule has 0 atom stereocenters. The molecule has 0 saturated heterocycles. The van der Waals surface area contributed by atoms with Gasteiger partial charge in [-0.1, -0.05) is 18.2 Å². The number of amides is 3. The summed E-state index contributed by atoms with van der Waals surface area (Å²) in [6, 6.07) is 20.6. The number of rotatable bonds is 7. The third-order valence-electron chi connectivity index (χ3n) is 4.00. The normalized spacial score (nSPS) is 10.4. The van der Waals surface area contributed by atoms with E-state index in [1.165, 1.54) is 18.3 Å². The lowest BCUT2D eigenvalue weighted by atomic mass is 10.2. The first kappa shape index (κ1) is 22.2. The van der Waals surface area contributed by atoms with Crippen molar-refractivity contribution in [2.24, 2.45) is 5.10 Å². The van der Waals surface area contributed by atoms with Crippen LogP contribution >= 0.6 is 0 Å². The molecule has 8 nitrogen and oxygen atoms in total. The van der Waals surface area contributed by atoms with Crippen LogP contribution in [0.15, 0.2) is 84.0 Å². The van der Waals surface area contributed by atoms with Gasteiger partial charge >= 0.3 is 11.8 Å². The second kappa shape index (κ2) is 11.0. The van der Waals surface area contributed by atoms with E-state index in [1.54, 1.807) is 36.4 Å². The van der Waals surface area contributed by atoms with Crippen LogP contribution in [-0.4, -0.2) is 30.5 Å². The highest BCUT2D eigenvalue weighted by atomic mass is 19.1. The van der Waals surface area contributed by atoms with Crippen LogP contribution in [0, 0.1) is 5.82 Å². The van der Waals surface area contributed by atoms with Gasteiger partial charge in [0.2, 0.25) is 0 Å². The van der Waals surface area contributed by atoms with Crippen molar-refractivity contribution >= 4 is 35.3 Å². The summed E-state index contributed by atoms with van der Waals surface area (Å²) < 4.78 is 18.3. The maximum absolute atomic E-state index is 12.9. The first-order valence-corrected chi connectivity index (χ1v) is 9.47. The maximum atomic E-state index is 12.9. The van der Waals surface area contributed by atoms with E-state index in [2.05, 4.69) is 21.2 Å². The van der Waals surface area contributed by atoms with Gasteiger partial charge in [0.25, 0.3) is 5.91 Å². The summed E-state index contributed by atoms with van der Waals surface area (Å²) in [6.45, 7) is -0.151. The summed E-state index contributed by atoms with van der Waals surface area (Å²) in [5, 5.41) is 8.76. The SMILES string of the molecule is O=C(COc1ccc(/C=N\NC(=O)C(=O)Nc2ccc(F)cc2)cc1)Nc1ccccc1. The maximum Gasteiger partial charge on any atom is 0.329 e. The standard InChI is InChI=1S/C23H19FN4O4/c24-17-8-10-19(11-9-17)27-22(30)23(31)28-25-14-16-6-12-20(13-7-16)32-15-21(29)26-18-4-2-1-3-5-18/h1-14H,15H2,(H,26,29)(H,27,30)(H,28,31)/b25-14-. The molecule has 0 aliphatic rings. The molecular weight excluding hydrogens is 415 g/mol. The second-order valence-corrected chi connectivity index (χ2v) is 6.43. The van der Waals surface area contributed by atoms with Crippen molar-refractivity contribution in [2.75, 3.05) is 17.2 Å². The van der Waals surface area contributed by atoms with E-state index in [0.29, 0.717) is 17.0 Å². The van der Waals surface area contributed by atoms with Gasteiger partial charge in [-0.15, -0.1) is 0 Å². The number of hydrazone groups is 1. The Bertz CT molecular complexity index is 1100. The number of para-hydroxylation sites is 1. The Morgan fingerprint density at radius 2 is 1.47 bits per heavy atom. The molecular formula is C23H19FN4O4. The van der Waals surface area contributed by atoms with Crippen LogP contribution in [0.1, 0.15) is 5.56 Å². The van der Waals surface area contributed by atoms with Gasteiger partial charge in [0.05, 0.1) is 6.21 Å². The van der Waals surface area contributed by atoms with E-state index in [4.69, 9.17) is 4.74 Å². The van der Waals surface area contributed by atoms with Crippen LogP contribution in [-0.2, 0) is 14.4 Å². The number of benzene rings is 3. The number of hydrogen-bond acceptors (Lipinski definition) is 5. The smallest absolute Gasteiger partial charge is 0.329 e. The zero-order valence-electron chi connectivity index (χ0n) is 16.7. The molecule has 162 valence electrons. The van der Waals surface area contributed by atoms with E-state index in [0.717, 1.165) is 12.1 Å². The van der Waals surface area contributed by atoms with E-state index in [-0.39, 0.29) is 18.2 Å². The molecule has 0 aliphatic carbocycles. The number of halogens is 1. The number of ether oxygens (including phenoxy) is 1. The minimum absolute atomic E-state index is 0.151. The zero-order valence-corrected chi connectivity index (χ0v) is 16.7. The quantitative estimate of drug-likeness (QED) is 0.302.